The fourth-order valence-electron chi connectivity index (χ4n) is 1.61. The molecule has 3 N–H and O–H groups in total. The smallest absolute Gasteiger partial charge is 0.317 e. The molecule has 0 saturated carbocycles. The molecule has 0 amide bonds. The molecule has 6 heteroatoms. The van der Waals surface area contributed by atoms with Crippen LogP contribution in [0.2, 0.25) is 5.02 Å². The minimum atomic E-state index is -0.972. The quantitative estimate of drug-likeness (QED) is 0.701. The van der Waals surface area contributed by atoms with E-state index in [1.807, 2.05) is 0 Å². The van der Waals surface area contributed by atoms with Crippen LogP contribution in [0.25, 0.3) is 0 Å². The highest BCUT2D eigenvalue weighted by molar-refractivity contribution is 6.30. The number of carboxylic acids is 2. The fraction of sp³-hybridized carbons (Fsp3) is 0.333. The normalized spacial score (nSPS) is 12.1. The van der Waals surface area contributed by atoms with Crippen LogP contribution < -0.4 is 5.32 Å². The van der Waals surface area contributed by atoms with Gasteiger partial charge in [0.15, 0.2) is 0 Å². The Kier molecular flexibility index (Phi) is 5.61. The summed E-state index contributed by atoms with van der Waals surface area (Å²) in [6.45, 7) is 0.101. The van der Waals surface area contributed by atoms with Gasteiger partial charge in [0, 0.05) is 17.5 Å². The maximum Gasteiger partial charge on any atom is 0.317 e. The lowest BCUT2D eigenvalue weighted by Crippen LogP contribution is -2.28. The Bertz CT molecular complexity index is 419. The molecule has 1 unspecified atom stereocenters. The minimum absolute atomic E-state index is 0.0613. The Hall–Kier alpha value is -1.59. The Morgan fingerprint density at radius 2 is 1.78 bits per heavy atom. The Labute approximate surface area is 109 Å². The number of benzene rings is 1. The summed E-state index contributed by atoms with van der Waals surface area (Å²) in [6.07, 6.45) is -0.0613. The Morgan fingerprint density at radius 1 is 1.17 bits per heavy atom. The van der Waals surface area contributed by atoms with Crippen LogP contribution in [-0.4, -0.2) is 35.2 Å². The molecule has 1 aromatic carbocycles. The van der Waals surface area contributed by atoms with Crippen molar-refractivity contribution >= 4 is 23.5 Å². The van der Waals surface area contributed by atoms with Crippen LogP contribution in [0.5, 0.6) is 0 Å². The lowest BCUT2D eigenvalue weighted by atomic mass is 9.96. The van der Waals surface area contributed by atoms with Crippen LogP contribution in [0.1, 0.15) is 17.9 Å². The van der Waals surface area contributed by atoms with Gasteiger partial charge >= 0.3 is 11.9 Å². The molecule has 0 aliphatic carbocycles. The predicted molar refractivity (Wildman–Crippen MR) is 67.0 cm³/mol. The molecule has 0 fully saturated rings. The molecule has 0 aliphatic heterocycles. The van der Waals surface area contributed by atoms with Gasteiger partial charge in [0.05, 0.1) is 13.0 Å². The molecule has 0 spiro atoms. The van der Waals surface area contributed by atoms with E-state index in [-0.39, 0.29) is 18.9 Å². The van der Waals surface area contributed by atoms with Crippen molar-refractivity contribution in [3.8, 4) is 0 Å². The molecule has 1 rings (SSSR count). The van der Waals surface area contributed by atoms with E-state index in [0.717, 1.165) is 5.56 Å². The fourth-order valence-corrected chi connectivity index (χ4v) is 1.73. The highest BCUT2D eigenvalue weighted by Gasteiger charge is 2.15. The minimum Gasteiger partial charge on any atom is -0.481 e. The number of nitrogens with one attached hydrogen (secondary N) is 1. The summed E-state index contributed by atoms with van der Waals surface area (Å²) in [5, 5.41) is 20.6. The monoisotopic (exact) mass is 271 g/mol. The van der Waals surface area contributed by atoms with Gasteiger partial charge in [-0.3, -0.25) is 9.59 Å². The highest BCUT2D eigenvalue weighted by atomic mass is 35.5. The number of carbonyl (C=O) groups is 2. The van der Waals surface area contributed by atoms with E-state index in [4.69, 9.17) is 21.8 Å². The second-order valence-electron chi connectivity index (χ2n) is 3.87. The van der Waals surface area contributed by atoms with Crippen molar-refractivity contribution < 1.29 is 19.8 Å². The van der Waals surface area contributed by atoms with Crippen LogP contribution >= 0.6 is 11.6 Å². The van der Waals surface area contributed by atoms with Crippen molar-refractivity contribution in [1.82, 2.24) is 5.32 Å². The van der Waals surface area contributed by atoms with Crippen LogP contribution in [0.4, 0.5) is 0 Å². The zero-order valence-electron chi connectivity index (χ0n) is 9.60. The third-order valence-corrected chi connectivity index (χ3v) is 2.68. The molecule has 0 aromatic heterocycles. The largest absolute Gasteiger partial charge is 0.481 e. The Morgan fingerprint density at radius 3 is 2.28 bits per heavy atom. The third-order valence-electron chi connectivity index (χ3n) is 2.43. The molecule has 5 nitrogen and oxygen atoms in total. The lowest BCUT2D eigenvalue weighted by Gasteiger charge is -2.15. The number of halogens is 1. The zero-order chi connectivity index (χ0) is 13.5. The van der Waals surface area contributed by atoms with Crippen LogP contribution in [-0.2, 0) is 9.59 Å². The summed E-state index contributed by atoms with van der Waals surface area (Å²) >= 11 is 5.76. The van der Waals surface area contributed by atoms with Gasteiger partial charge in [-0.15, -0.1) is 0 Å². The van der Waals surface area contributed by atoms with Gasteiger partial charge in [0.1, 0.15) is 0 Å². The average Bonchev–Trinajstić information content (AvgIpc) is 2.28. The van der Waals surface area contributed by atoms with Gasteiger partial charge in [-0.2, -0.15) is 0 Å². The summed E-state index contributed by atoms with van der Waals surface area (Å²) in [7, 11) is 0. The predicted octanol–water partition coefficient (Wildman–Crippen LogP) is 1.57. The van der Waals surface area contributed by atoms with E-state index in [9.17, 15) is 9.59 Å². The van der Waals surface area contributed by atoms with Gasteiger partial charge in [0.2, 0.25) is 0 Å². The summed E-state index contributed by atoms with van der Waals surface area (Å²) in [6, 6.07) is 6.86. The standard InChI is InChI=1S/C12H14ClNO4/c13-10-3-1-8(2-4-10)9(5-11(15)16)6-14-7-12(17)18/h1-4,9,14H,5-7H2,(H,15,16)(H,17,18). The van der Waals surface area contributed by atoms with Crippen LogP contribution in [0, 0.1) is 0 Å². The third kappa shape index (κ3) is 5.16. The molecule has 18 heavy (non-hydrogen) atoms. The van der Waals surface area contributed by atoms with Crippen molar-refractivity contribution in [3.05, 3.63) is 34.9 Å². The van der Waals surface area contributed by atoms with E-state index in [0.29, 0.717) is 11.6 Å². The molecule has 0 bridgehead atoms. The molecule has 0 heterocycles. The molecular formula is C12H14ClNO4. The number of hydrogen-bond acceptors (Lipinski definition) is 3. The second-order valence-corrected chi connectivity index (χ2v) is 4.31. The maximum absolute atomic E-state index is 10.8. The topological polar surface area (TPSA) is 86.6 Å². The van der Waals surface area contributed by atoms with E-state index in [1.165, 1.54) is 0 Å². The van der Waals surface area contributed by atoms with Gasteiger partial charge in [-0.25, -0.2) is 0 Å². The molecule has 1 aromatic rings. The molecule has 0 aliphatic rings. The average molecular weight is 272 g/mol. The summed E-state index contributed by atoms with van der Waals surface area (Å²) in [4.78, 5) is 21.2. The number of carboxylic acid groups (broad SMARTS) is 2. The molecule has 98 valence electrons. The molecule has 0 radical (unpaired) electrons. The van der Waals surface area contributed by atoms with E-state index in [2.05, 4.69) is 5.32 Å². The summed E-state index contributed by atoms with van der Waals surface area (Å²) in [5.74, 6) is -2.17. The molecule has 1 atom stereocenters. The van der Waals surface area contributed by atoms with Crippen molar-refractivity contribution in [2.75, 3.05) is 13.1 Å². The number of aliphatic carboxylic acids is 2. The van der Waals surface area contributed by atoms with Crippen molar-refractivity contribution in [3.63, 3.8) is 0 Å². The van der Waals surface area contributed by atoms with Crippen molar-refractivity contribution in [2.24, 2.45) is 0 Å². The first-order valence-electron chi connectivity index (χ1n) is 5.39. The first-order valence-corrected chi connectivity index (χ1v) is 5.76. The first kappa shape index (κ1) is 14.5. The second kappa shape index (κ2) is 6.98. The van der Waals surface area contributed by atoms with Crippen LogP contribution in [0.15, 0.2) is 24.3 Å². The van der Waals surface area contributed by atoms with E-state index in [1.54, 1.807) is 24.3 Å². The number of hydrogen-bond donors (Lipinski definition) is 3. The first-order chi connectivity index (χ1) is 8.49. The zero-order valence-corrected chi connectivity index (χ0v) is 10.4. The summed E-state index contributed by atoms with van der Waals surface area (Å²) in [5.41, 5.74) is 0.819. The number of rotatable bonds is 7. The van der Waals surface area contributed by atoms with Gasteiger partial charge in [-0.05, 0) is 17.7 Å². The SMILES string of the molecule is O=C(O)CNCC(CC(=O)O)c1ccc(Cl)cc1. The van der Waals surface area contributed by atoms with Crippen LogP contribution in [0.3, 0.4) is 0 Å². The van der Waals surface area contributed by atoms with Gasteiger partial charge in [-0.1, -0.05) is 23.7 Å². The van der Waals surface area contributed by atoms with Gasteiger partial charge < -0.3 is 15.5 Å². The Balaban J connectivity index is 2.68. The van der Waals surface area contributed by atoms with Crippen molar-refractivity contribution in [1.29, 1.82) is 0 Å². The van der Waals surface area contributed by atoms with E-state index < -0.39 is 11.9 Å². The molecule has 0 saturated heterocycles. The maximum atomic E-state index is 10.8. The van der Waals surface area contributed by atoms with Gasteiger partial charge in [0.25, 0.3) is 0 Å². The highest BCUT2D eigenvalue weighted by Crippen LogP contribution is 2.21. The lowest BCUT2D eigenvalue weighted by molar-refractivity contribution is -0.137. The van der Waals surface area contributed by atoms with E-state index >= 15 is 0 Å². The molecular weight excluding hydrogens is 258 g/mol. The van der Waals surface area contributed by atoms with Crippen molar-refractivity contribution in [2.45, 2.75) is 12.3 Å². The summed E-state index contributed by atoms with van der Waals surface area (Å²) < 4.78 is 0.